The molecule has 2 nitrogen and oxygen atoms in total. The van der Waals surface area contributed by atoms with Gasteiger partial charge in [0.25, 0.3) is 0 Å². The second kappa shape index (κ2) is 15.0. The van der Waals surface area contributed by atoms with Crippen molar-refractivity contribution < 1.29 is 9.59 Å². The predicted molar refractivity (Wildman–Crippen MR) is 139 cm³/mol. The quantitative estimate of drug-likeness (QED) is 0.211. The minimum absolute atomic E-state index is 0.276. The van der Waals surface area contributed by atoms with Crippen LogP contribution < -0.4 is 0 Å². The zero-order chi connectivity index (χ0) is 23.1. The molecule has 0 aromatic heterocycles. The van der Waals surface area contributed by atoms with Crippen LogP contribution in [0.3, 0.4) is 0 Å². The van der Waals surface area contributed by atoms with Crippen molar-refractivity contribution in [1.82, 2.24) is 0 Å². The lowest BCUT2D eigenvalue weighted by molar-refractivity contribution is -0.888. The fraction of sp³-hybridized carbons (Fsp3) is 0.533. The van der Waals surface area contributed by atoms with Gasteiger partial charge < -0.3 is 9.59 Å². The molecule has 2 rings (SSSR count). The van der Waals surface area contributed by atoms with E-state index in [1.165, 1.54) is 56.9 Å². The molecule has 0 fully saturated rings. The summed E-state index contributed by atoms with van der Waals surface area (Å²) in [6.45, 7) is 4.21. The third-order valence-electron chi connectivity index (χ3n) is 6.45. The Morgan fingerprint density at radius 1 is 0.781 bits per heavy atom. The van der Waals surface area contributed by atoms with Crippen molar-refractivity contribution in [2.45, 2.75) is 70.8 Å². The number of benzene rings is 2. The van der Waals surface area contributed by atoms with Gasteiger partial charge in [0.05, 0.1) is 33.3 Å². The van der Waals surface area contributed by atoms with Crippen LogP contribution in [0.25, 0.3) is 6.08 Å². The van der Waals surface area contributed by atoms with Crippen molar-refractivity contribution in [3.05, 3.63) is 77.9 Å². The molecule has 0 saturated heterocycles. The number of rotatable bonds is 16. The zero-order valence-corrected chi connectivity index (χ0v) is 20.8. The van der Waals surface area contributed by atoms with Gasteiger partial charge in [-0.15, -0.1) is 0 Å². The minimum atomic E-state index is -0.392. The van der Waals surface area contributed by atoms with Crippen LogP contribution >= 0.6 is 0 Å². The van der Waals surface area contributed by atoms with Gasteiger partial charge in [0.2, 0.25) is 0 Å². The van der Waals surface area contributed by atoms with E-state index in [0.29, 0.717) is 0 Å². The maximum absolute atomic E-state index is 11.2. The first kappa shape index (κ1) is 26.4. The van der Waals surface area contributed by atoms with Crippen molar-refractivity contribution in [1.29, 1.82) is 0 Å². The first-order valence-electron chi connectivity index (χ1n) is 12.8. The van der Waals surface area contributed by atoms with Gasteiger partial charge in [-0.2, -0.15) is 0 Å². The van der Waals surface area contributed by atoms with Crippen molar-refractivity contribution >= 4 is 6.08 Å². The predicted octanol–water partition coefficient (Wildman–Crippen LogP) is 7.66. The standard InChI is InChI=1S/C30H46NO/c1-4-5-6-7-8-9-10-15-24-29(30(32)28-22-16-12-17-23-28)26-31(2,3)25-18-21-27-19-13-11-14-20-27/h11-14,16-23,29-30,32H,4-10,15,24-26H2,1-3H3/q+1/b21-18+/t29-,30+/m0/s1. The molecule has 0 aliphatic rings. The summed E-state index contributed by atoms with van der Waals surface area (Å²) in [5.74, 6) is 0.276. The van der Waals surface area contributed by atoms with E-state index in [0.717, 1.165) is 29.6 Å². The largest absolute Gasteiger partial charge is 0.388 e. The Kier molecular flexibility index (Phi) is 12.4. The molecule has 0 heterocycles. The van der Waals surface area contributed by atoms with E-state index in [1.807, 2.05) is 18.2 Å². The number of hydrogen-bond acceptors (Lipinski definition) is 1. The van der Waals surface area contributed by atoms with Crippen LogP contribution in [0.2, 0.25) is 0 Å². The minimum Gasteiger partial charge on any atom is -0.388 e. The van der Waals surface area contributed by atoms with Crippen LogP contribution in [0.1, 0.15) is 81.9 Å². The molecular formula is C30H46NO+. The van der Waals surface area contributed by atoms with E-state index in [1.54, 1.807) is 0 Å². The molecule has 0 aliphatic carbocycles. The molecule has 2 aromatic carbocycles. The lowest BCUT2D eigenvalue weighted by Crippen LogP contribution is -2.44. The van der Waals surface area contributed by atoms with E-state index >= 15 is 0 Å². The van der Waals surface area contributed by atoms with Crippen molar-refractivity contribution in [2.24, 2.45) is 5.92 Å². The molecule has 0 unspecified atom stereocenters. The highest BCUT2D eigenvalue weighted by Gasteiger charge is 2.28. The van der Waals surface area contributed by atoms with E-state index < -0.39 is 6.10 Å². The number of quaternary nitrogens is 1. The normalized spacial score (nSPS) is 14.0. The van der Waals surface area contributed by atoms with E-state index in [-0.39, 0.29) is 5.92 Å². The summed E-state index contributed by atoms with van der Waals surface area (Å²) in [7, 11) is 4.57. The molecule has 0 spiro atoms. The molecule has 0 saturated carbocycles. The highest BCUT2D eigenvalue weighted by Crippen LogP contribution is 2.29. The molecule has 32 heavy (non-hydrogen) atoms. The number of unbranched alkanes of at least 4 members (excludes halogenated alkanes) is 7. The Hall–Kier alpha value is -1.90. The average Bonchev–Trinajstić information content (AvgIpc) is 2.80. The molecule has 0 bridgehead atoms. The van der Waals surface area contributed by atoms with Crippen LogP contribution in [0.15, 0.2) is 66.7 Å². The summed E-state index contributed by atoms with van der Waals surface area (Å²) in [6, 6.07) is 20.7. The first-order valence-corrected chi connectivity index (χ1v) is 12.8. The molecule has 2 heteroatoms. The third kappa shape index (κ3) is 10.6. The van der Waals surface area contributed by atoms with E-state index in [4.69, 9.17) is 0 Å². The maximum Gasteiger partial charge on any atom is 0.0972 e. The lowest BCUT2D eigenvalue weighted by atomic mass is 9.89. The third-order valence-corrected chi connectivity index (χ3v) is 6.45. The molecule has 0 radical (unpaired) electrons. The number of hydrogen-bond donors (Lipinski definition) is 1. The summed E-state index contributed by atoms with van der Waals surface area (Å²) in [4.78, 5) is 0. The summed E-state index contributed by atoms with van der Waals surface area (Å²) < 4.78 is 0.884. The fourth-order valence-corrected chi connectivity index (χ4v) is 4.56. The van der Waals surface area contributed by atoms with Crippen LogP contribution in [0.5, 0.6) is 0 Å². The van der Waals surface area contributed by atoms with Gasteiger partial charge in [0.15, 0.2) is 0 Å². The summed E-state index contributed by atoms with van der Waals surface area (Å²) in [6.07, 6.45) is 15.8. The molecule has 1 N–H and O–H groups in total. The molecule has 176 valence electrons. The number of aliphatic hydroxyl groups is 1. The molecule has 0 aliphatic heterocycles. The Bertz CT molecular complexity index is 738. The topological polar surface area (TPSA) is 20.2 Å². The highest BCUT2D eigenvalue weighted by atomic mass is 16.3. The number of likely N-dealkylation sites (N-methyl/N-ethyl adjacent to an activating group) is 1. The van der Waals surface area contributed by atoms with Crippen LogP contribution in [0.4, 0.5) is 0 Å². The van der Waals surface area contributed by atoms with Gasteiger partial charge in [-0.1, -0.05) is 125 Å². The van der Waals surface area contributed by atoms with Crippen molar-refractivity contribution in [2.75, 3.05) is 27.2 Å². The molecule has 0 amide bonds. The fourth-order valence-electron chi connectivity index (χ4n) is 4.56. The Morgan fingerprint density at radius 2 is 1.34 bits per heavy atom. The lowest BCUT2D eigenvalue weighted by Gasteiger charge is -2.35. The number of aliphatic hydroxyl groups excluding tert-OH is 1. The average molecular weight is 437 g/mol. The smallest absolute Gasteiger partial charge is 0.0972 e. The first-order chi connectivity index (χ1) is 15.5. The van der Waals surface area contributed by atoms with Crippen molar-refractivity contribution in [3.8, 4) is 0 Å². The number of nitrogens with zero attached hydrogens (tertiary/aromatic N) is 1. The summed E-state index contributed by atoms with van der Waals surface area (Å²) in [5, 5.41) is 11.2. The van der Waals surface area contributed by atoms with Gasteiger partial charge in [-0.25, -0.2) is 0 Å². The van der Waals surface area contributed by atoms with Crippen molar-refractivity contribution in [3.63, 3.8) is 0 Å². The van der Waals surface area contributed by atoms with Crippen LogP contribution in [0, 0.1) is 5.92 Å². The van der Waals surface area contributed by atoms with Crippen LogP contribution in [-0.4, -0.2) is 36.8 Å². The zero-order valence-electron chi connectivity index (χ0n) is 20.8. The second-order valence-electron chi connectivity index (χ2n) is 9.99. The van der Waals surface area contributed by atoms with Gasteiger partial charge >= 0.3 is 0 Å². The van der Waals surface area contributed by atoms with Gasteiger partial charge in [0, 0.05) is 5.92 Å². The Labute approximate surface area is 197 Å². The summed E-state index contributed by atoms with van der Waals surface area (Å²) in [5.41, 5.74) is 2.30. The molecular weight excluding hydrogens is 390 g/mol. The van der Waals surface area contributed by atoms with Crippen LogP contribution in [-0.2, 0) is 0 Å². The van der Waals surface area contributed by atoms with Gasteiger partial charge in [0.1, 0.15) is 0 Å². The maximum atomic E-state index is 11.2. The highest BCUT2D eigenvalue weighted by molar-refractivity contribution is 5.48. The molecule has 2 atom stereocenters. The van der Waals surface area contributed by atoms with Gasteiger partial charge in [-0.3, -0.25) is 0 Å². The van der Waals surface area contributed by atoms with E-state index in [2.05, 4.69) is 75.6 Å². The Balaban J connectivity index is 1.90. The monoisotopic (exact) mass is 436 g/mol. The van der Waals surface area contributed by atoms with E-state index in [9.17, 15) is 5.11 Å². The Morgan fingerprint density at radius 3 is 1.97 bits per heavy atom. The SMILES string of the molecule is CCCCCCCCCC[C@@H](C[N+](C)(C)C/C=C/c1ccccc1)[C@H](O)c1ccccc1. The molecule has 2 aromatic rings. The van der Waals surface area contributed by atoms with Gasteiger partial charge in [-0.05, 0) is 23.6 Å². The second-order valence-corrected chi connectivity index (χ2v) is 9.99. The summed E-state index contributed by atoms with van der Waals surface area (Å²) >= 11 is 0.